The zero-order valence-corrected chi connectivity index (χ0v) is 7.66. The summed E-state index contributed by atoms with van der Waals surface area (Å²) in [5.74, 6) is 0.294. The Bertz CT molecular complexity index is 267. The van der Waals surface area contributed by atoms with Gasteiger partial charge in [-0.15, -0.1) is 6.58 Å². The maximum atomic E-state index is 11.4. The quantitative estimate of drug-likeness (QED) is 0.574. The summed E-state index contributed by atoms with van der Waals surface area (Å²) in [6, 6.07) is 0. The molecule has 2 nitrogen and oxygen atoms in total. The van der Waals surface area contributed by atoms with E-state index in [1.165, 1.54) is 0 Å². The summed E-state index contributed by atoms with van der Waals surface area (Å²) in [4.78, 5) is 11.4. The van der Waals surface area contributed by atoms with Gasteiger partial charge in [0, 0.05) is 12.8 Å². The number of hydrogen-bond donors (Lipinski definition) is 0. The average molecular weight is 178 g/mol. The van der Waals surface area contributed by atoms with Crippen LogP contribution in [0.3, 0.4) is 0 Å². The van der Waals surface area contributed by atoms with Gasteiger partial charge in [-0.05, 0) is 12.8 Å². The minimum absolute atomic E-state index is 0.0796. The fourth-order valence-corrected chi connectivity index (χ4v) is 2.10. The monoisotopic (exact) mass is 178 g/mol. The Hall–Kier alpha value is -0.890. The zero-order chi connectivity index (χ0) is 9.31. The van der Waals surface area contributed by atoms with Crippen molar-refractivity contribution >= 4 is 5.78 Å². The van der Waals surface area contributed by atoms with Gasteiger partial charge >= 0.3 is 0 Å². The molecule has 0 saturated carbocycles. The Morgan fingerprint density at radius 3 is 3.15 bits per heavy atom. The van der Waals surface area contributed by atoms with Gasteiger partial charge in [-0.1, -0.05) is 18.2 Å². The topological polar surface area (TPSA) is 26.3 Å². The molecule has 2 atom stereocenters. The number of carbonyl (C=O) groups excluding carboxylic acids is 1. The van der Waals surface area contributed by atoms with E-state index in [-0.39, 0.29) is 11.7 Å². The van der Waals surface area contributed by atoms with Crippen LogP contribution in [0.4, 0.5) is 0 Å². The van der Waals surface area contributed by atoms with Crippen molar-refractivity contribution in [2.75, 3.05) is 0 Å². The van der Waals surface area contributed by atoms with E-state index in [2.05, 4.69) is 12.7 Å². The van der Waals surface area contributed by atoms with Gasteiger partial charge in [0.05, 0.1) is 11.7 Å². The largest absolute Gasteiger partial charge is 0.363 e. The van der Waals surface area contributed by atoms with Crippen LogP contribution >= 0.6 is 0 Å². The first-order chi connectivity index (χ1) is 6.24. The predicted molar refractivity (Wildman–Crippen MR) is 50.4 cm³/mol. The van der Waals surface area contributed by atoms with E-state index < -0.39 is 0 Å². The highest BCUT2D eigenvalue weighted by Crippen LogP contribution is 2.36. The van der Waals surface area contributed by atoms with Crippen LogP contribution in [0.25, 0.3) is 0 Å². The van der Waals surface area contributed by atoms with Crippen LogP contribution in [0.5, 0.6) is 0 Å². The van der Waals surface area contributed by atoms with E-state index >= 15 is 0 Å². The Balaban J connectivity index is 2.16. The Kier molecular flexibility index (Phi) is 2.08. The first-order valence-electron chi connectivity index (χ1n) is 4.74. The van der Waals surface area contributed by atoms with Crippen molar-refractivity contribution in [2.24, 2.45) is 0 Å². The number of rotatable bonds is 1. The molecule has 0 aromatic heterocycles. The lowest BCUT2D eigenvalue weighted by atomic mass is 9.90. The average Bonchev–Trinajstić information content (AvgIpc) is 2.51. The number of hydrogen-bond acceptors (Lipinski definition) is 2. The molecule has 13 heavy (non-hydrogen) atoms. The molecular formula is C11H14O2. The molecule has 1 aliphatic heterocycles. The molecule has 2 rings (SSSR count). The molecule has 0 aromatic carbocycles. The van der Waals surface area contributed by atoms with Crippen molar-refractivity contribution in [3.63, 3.8) is 0 Å². The fraction of sp³-hybridized carbons (Fsp3) is 0.545. The standard InChI is InChI=1S/C11H14O2/c1-2-10-7-9(12)8-11(13-10)5-3-4-6-11/h2-3,5,10H,1,4,6-8H2. The minimum atomic E-state index is -0.284. The van der Waals surface area contributed by atoms with Gasteiger partial charge in [-0.2, -0.15) is 0 Å². The summed E-state index contributed by atoms with van der Waals surface area (Å²) < 4.78 is 5.83. The predicted octanol–water partition coefficient (Wildman–Crippen LogP) is 2.01. The highest BCUT2D eigenvalue weighted by atomic mass is 16.5. The second kappa shape index (κ2) is 3.11. The van der Waals surface area contributed by atoms with Crippen LogP contribution in [0.2, 0.25) is 0 Å². The van der Waals surface area contributed by atoms with Crippen LogP contribution in [0.1, 0.15) is 25.7 Å². The van der Waals surface area contributed by atoms with Gasteiger partial charge in [0.1, 0.15) is 5.78 Å². The summed E-state index contributed by atoms with van der Waals surface area (Å²) in [6.07, 6.45) is 8.81. The van der Waals surface area contributed by atoms with Gasteiger partial charge < -0.3 is 4.74 Å². The van der Waals surface area contributed by atoms with Gasteiger partial charge in [-0.25, -0.2) is 0 Å². The number of ketones is 1. The first-order valence-corrected chi connectivity index (χ1v) is 4.74. The smallest absolute Gasteiger partial charge is 0.139 e. The highest BCUT2D eigenvalue weighted by Gasteiger charge is 2.39. The van der Waals surface area contributed by atoms with Gasteiger partial charge in [0.2, 0.25) is 0 Å². The second-order valence-electron chi connectivity index (χ2n) is 3.82. The van der Waals surface area contributed by atoms with E-state index in [1.54, 1.807) is 6.08 Å². The summed E-state index contributed by atoms with van der Waals surface area (Å²) in [5, 5.41) is 0. The van der Waals surface area contributed by atoms with Crippen molar-refractivity contribution in [1.82, 2.24) is 0 Å². The summed E-state index contributed by atoms with van der Waals surface area (Å²) in [5.41, 5.74) is -0.284. The third kappa shape index (κ3) is 1.59. The van der Waals surface area contributed by atoms with E-state index in [0.717, 1.165) is 12.8 Å². The molecule has 0 aromatic rings. The Morgan fingerprint density at radius 1 is 1.69 bits per heavy atom. The molecule has 1 saturated heterocycles. The molecule has 0 bridgehead atoms. The molecule has 70 valence electrons. The maximum absolute atomic E-state index is 11.4. The minimum Gasteiger partial charge on any atom is -0.363 e. The molecule has 0 N–H and O–H groups in total. The van der Waals surface area contributed by atoms with E-state index in [1.807, 2.05) is 6.08 Å². The first kappa shape index (κ1) is 8.70. The summed E-state index contributed by atoms with van der Waals surface area (Å²) >= 11 is 0. The molecule has 0 amide bonds. The lowest BCUT2D eigenvalue weighted by molar-refractivity contribution is -0.140. The SMILES string of the molecule is C=CC1CC(=O)CC2(C=CCC2)O1. The third-order valence-corrected chi connectivity index (χ3v) is 2.73. The van der Waals surface area contributed by atoms with Gasteiger partial charge in [-0.3, -0.25) is 4.79 Å². The molecule has 1 aliphatic carbocycles. The van der Waals surface area contributed by atoms with Crippen molar-refractivity contribution < 1.29 is 9.53 Å². The number of Topliss-reactive ketones (excluding diaryl/α,β-unsaturated/α-hetero) is 1. The highest BCUT2D eigenvalue weighted by molar-refractivity contribution is 5.81. The second-order valence-corrected chi connectivity index (χ2v) is 3.82. The van der Waals surface area contributed by atoms with Crippen LogP contribution in [-0.2, 0) is 9.53 Å². The van der Waals surface area contributed by atoms with Crippen LogP contribution in [-0.4, -0.2) is 17.5 Å². The number of ether oxygens (including phenoxy) is 1. The van der Waals surface area contributed by atoms with E-state index in [9.17, 15) is 4.79 Å². The molecule has 2 aliphatic rings. The van der Waals surface area contributed by atoms with Crippen molar-refractivity contribution in [3.8, 4) is 0 Å². The van der Waals surface area contributed by atoms with Crippen LogP contribution in [0, 0.1) is 0 Å². The van der Waals surface area contributed by atoms with E-state index in [0.29, 0.717) is 18.6 Å². The third-order valence-electron chi connectivity index (χ3n) is 2.73. The molecule has 2 unspecified atom stereocenters. The lowest BCUT2D eigenvalue weighted by Crippen LogP contribution is -2.41. The van der Waals surface area contributed by atoms with Crippen LogP contribution < -0.4 is 0 Å². The Labute approximate surface area is 78.3 Å². The summed E-state index contributed by atoms with van der Waals surface area (Å²) in [6.45, 7) is 3.67. The van der Waals surface area contributed by atoms with Crippen molar-refractivity contribution in [2.45, 2.75) is 37.4 Å². The van der Waals surface area contributed by atoms with Crippen LogP contribution in [0.15, 0.2) is 24.8 Å². The molecule has 2 heteroatoms. The molecule has 0 radical (unpaired) electrons. The zero-order valence-electron chi connectivity index (χ0n) is 7.66. The number of allylic oxidation sites excluding steroid dienone is 1. The molecular weight excluding hydrogens is 164 g/mol. The maximum Gasteiger partial charge on any atom is 0.139 e. The molecule has 1 spiro atoms. The number of carbonyl (C=O) groups is 1. The summed E-state index contributed by atoms with van der Waals surface area (Å²) in [7, 11) is 0. The fourth-order valence-electron chi connectivity index (χ4n) is 2.10. The van der Waals surface area contributed by atoms with Crippen molar-refractivity contribution in [1.29, 1.82) is 0 Å². The van der Waals surface area contributed by atoms with E-state index in [4.69, 9.17) is 4.74 Å². The Morgan fingerprint density at radius 2 is 2.54 bits per heavy atom. The molecule has 1 heterocycles. The van der Waals surface area contributed by atoms with Gasteiger partial charge in [0.25, 0.3) is 0 Å². The molecule has 1 fully saturated rings. The lowest BCUT2D eigenvalue weighted by Gasteiger charge is -2.35. The van der Waals surface area contributed by atoms with Crippen molar-refractivity contribution in [3.05, 3.63) is 24.8 Å². The van der Waals surface area contributed by atoms with Gasteiger partial charge in [0.15, 0.2) is 0 Å². The normalized spacial score (nSPS) is 38.5.